The SMILES string of the molecule is Cl[Si]1(Cl)CC(Br)C(Br)C1. The molecule has 1 saturated heterocycles. The van der Waals surface area contributed by atoms with Crippen LogP contribution in [-0.4, -0.2) is 16.3 Å². The Bertz CT molecular complexity index is 107. The highest BCUT2D eigenvalue weighted by atomic mass is 79.9. The Balaban J connectivity index is 2.54. The summed E-state index contributed by atoms with van der Waals surface area (Å²) in [5.74, 6) is 0. The monoisotopic (exact) mass is 310 g/mol. The van der Waals surface area contributed by atoms with Crippen molar-refractivity contribution in [2.75, 3.05) is 0 Å². The smallest absolute Gasteiger partial charge is 0.146 e. The molecule has 0 spiro atoms. The van der Waals surface area contributed by atoms with Crippen LogP contribution in [-0.2, 0) is 0 Å². The molecule has 9 heavy (non-hydrogen) atoms. The van der Waals surface area contributed by atoms with Gasteiger partial charge >= 0.3 is 0 Å². The lowest BCUT2D eigenvalue weighted by Gasteiger charge is -2.03. The van der Waals surface area contributed by atoms with Crippen LogP contribution in [0.1, 0.15) is 0 Å². The van der Waals surface area contributed by atoms with Gasteiger partial charge in [0.25, 0.3) is 6.69 Å². The minimum atomic E-state index is -1.82. The Morgan fingerprint density at radius 2 is 1.44 bits per heavy atom. The van der Waals surface area contributed by atoms with E-state index >= 15 is 0 Å². The molecule has 1 aliphatic heterocycles. The second kappa shape index (κ2) is 3.01. The molecule has 0 N–H and O–H groups in total. The molecule has 1 aliphatic rings. The van der Waals surface area contributed by atoms with Crippen molar-refractivity contribution in [2.45, 2.75) is 21.7 Å². The zero-order valence-corrected chi connectivity index (χ0v) is 10.3. The average Bonchev–Trinajstić information content (AvgIpc) is 1.79. The Morgan fingerprint density at radius 1 is 1.11 bits per heavy atom. The van der Waals surface area contributed by atoms with Gasteiger partial charge in [-0.1, -0.05) is 31.9 Å². The van der Waals surface area contributed by atoms with Gasteiger partial charge in [0.15, 0.2) is 0 Å². The quantitative estimate of drug-likeness (QED) is 0.365. The first-order chi connectivity index (χ1) is 4.01. The summed E-state index contributed by atoms with van der Waals surface area (Å²) in [5, 5.41) is 0. The van der Waals surface area contributed by atoms with E-state index in [-0.39, 0.29) is 0 Å². The van der Waals surface area contributed by atoms with Crippen LogP contribution >= 0.6 is 54.0 Å². The second-order valence-electron chi connectivity index (χ2n) is 2.30. The molecule has 1 rings (SSSR count). The number of hydrogen-bond acceptors (Lipinski definition) is 0. The van der Waals surface area contributed by atoms with Crippen molar-refractivity contribution in [2.24, 2.45) is 0 Å². The Kier molecular flexibility index (Phi) is 2.96. The van der Waals surface area contributed by atoms with Crippen molar-refractivity contribution in [3.63, 3.8) is 0 Å². The van der Waals surface area contributed by atoms with Gasteiger partial charge in [-0.15, -0.1) is 22.2 Å². The van der Waals surface area contributed by atoms with Crippen LogP contribution in [0.2, 0.25) is 12.1 Å². The number of rotatable bonds is 0. The maximum atomic E-state index is 6.00. The molecule has 0 aromatic carbocycles. The summed E-state index contributed by atoms with van der Waals surface area (Å²) in [6, 6.07) is 1.93. The second-order valence-corrected chi connectivity index (χ2v) is 12.1. The van der Waals surface area contributed by atoms with Crippen molar-refractivity contribution in [1.82, 2.24) is 0 Å². The molecule has 0 saturated carbocycles. The molecule has 2 atom stereocenters. The lowest BCUT2D eigenvalue weighted by Crippen LogP contribution is -2.12. The van der Waals surface area contributed by atoms with Crippen molar-refractivity contribution in [3.8, 4) is 0 Å². The van der Waals surface area contributed by atoms with E-state index in [4.69, 9.17) is 22.2 Å². The predicted molar refractivity (Wildman–Crippen MR) is 52.5 cm³/mol. The fourth-order valence-electron chi connectivity index (χ4n) is 0.910. The van der Waals surface area contributed by atoms with E-state index in [0.717, 1.165) is 12.1 Å². The minimum absolute atomic E-state index is 0.485. The van der Waals surface area contributed by atoms with Crippen LogP contribution in [0.5, 0.6) is 0 Å². The van der Waals surface area contributed by atoms with Crippen LogP contribution in [0.4, 0.5) is 0 Å². The standard InChI is InChI=1S/C4H6Br2Cl2Si/c5-3-1-9(7,8)2-4(3)6/h3-4H,1-2H2. The Morgan fingerprint density at radius 3 is 1.56 bits per heavy atom. The third kappa shape index (κ3) is 2.36. The molecule has 0 aromatic heterocycles. The summed E-state index contributed by atoms with van der Waals surface area (Å²) >= 11 is 19.0. The average molecular weight is 313 g/mol. The summed E-state index contributed by atoms with van der Waals surface area (Å²) in [6.45, 7) is -1.82. The molecule has 5 heteroatoms. The van der Waals surface area contributed by atoms with Gasteiger partial charge in [0.1, 0.15) is 0 Å². The summed E-state index contributed by atoms with van der Waals surface area (Å²) in [4.78, 5) is 0.971. The molecule has 0 radical (unpaired) electrons. The molecule has 0 aliphatic carbocycles. The van der Waals surface area contributed by atoms with E-state index in [1.54, 1.807) is 0 Å². The van der Waals surface area contributed by atoms with Gasteiger partial charge in [0, 0.05) is 9.65 Å². The van der Waals surface area contributed by atoms with E-state index in [1.165, 1.54) is 0 Å². The van der Waals surface area contributed by atoms with Gasteiger partial charge in [0.05, 0.1) is 0 Å². The molecule has 1 fully saturated rings. The highest BCUT2D eigenvalue weighted by Crippen LogP contribution is 2.43. The van der Waals surface area contributed by atoms with E-state index in [0.29, 0.717) is 9.65 Å². The molecule has 0 amide bonds. The summed E-state index contributed by atoms with van der Waals surface area (Å²) < 4.78 is 0. The van der Waals surface area contributed by atoms with Crippen molar-refractivity contribution >= 4 is 60.7 Å². The molecule has 1 heterocycles. The molecule has 0 nitrogen and oxygen atoms in total. The molecule has 0 aromatic rings. The third-order valence-electron chi connectivity index (χ3n) is 1.38. The van der Waals surface area contributed by atoms with Crippen LogP contribution in [0.25, 0.3) is 0 Å². The largest absolute Gasteiger partial charge is 0.253 e. The normalized spacial score (nSPS) is 41.3. The Hall–Kier alpha value is 1.76. The maximum Gasteiger partial charge on any atom is 0.253 e. The van der Waals surface area contributed by atoms with Gasteiger partial charge < -0.3 is 0 Å². The molecular formula is C4H6Br2Cl2Si. The number of alkyl halides is 2. The minimum Gasteiger partial charge on any atom is -0.146 e. The van der Waals surface area contributed by atoms with Crippen LogP contribution < -0.4 is 0 Å². The summed E-state index contributed by atoms with van der Waals surface area (Å²) in [5.41, 5.74) is 0. The molecule has 54 valence electrons. The van der Waals surface area contributed by atoms with Crippen molar-refractivity contribution in [1.29, 1.82) is 0 Å². The molecular weight excluding hydrogens is 307 g/mol. The van der Waals surface area contributed by atoms with Gasteiger partial charge in [-0.25, -0.2) is 0 Å². The first kappa shape index (κ1) is 8.85. The summed E-state index contributed by atoms with van der Waals surface area (Å²) in [6.07, 6.45) is 0. The van der Waals surface area contributed by atoms with Gasteiger partial charge in [0.2, 0.25) is 0 Å². The first-order valence-electron chi connectivity index (χ1n) is 2.67. The highest BCUT2D eigenvalue weighted by molar-refractivity contribution is 9.12. The van der Waals surface area contributed by atoms with E-state index in [1.807, 2.05) is 0 Å². The fourth-order valence-corrected chi connectivity index (χ4v) is 11.4. The fraction of sp³-hybridized carbons (Fsp3) is 1.00. The van der Waals surface area contributed by atoms with Crippen molar-refractivity contribution < 1.29 is 0 Å². The van der Waals surface area contributed by atoms with E-state index in [2.05, 4.69) is 31.9 Å². The lowest BCUT2D eigenvalue weighted by atomic mass is 10.4. The zero-order valence-electron chi connectivity index (χ0n) is 4.58. The first-order valence-corrected chi connectivity index (χ1v) is 8.94. The highest BCUT2D eigenvalue weighted by Gasteiger charge is 2.43. The lowest BCUT2D eigenvalue weighted by molar-refractivity contribution is 1.01. The Labute approximate surface area is 82.0 Å². The van der Waals surface area contributed by atoms with E-state index in [9.17, 15) is 0 Å². The third-order valence-corrected chi connectivity index (χ3v) is 9.13. The van der Waals surface area contributed by atoms with Crippen LogP contribution in [0.3, 0.4) is 0 Å². The number of halogens is 4. The maximum absolute atomic E-state index is 6.00. The predicted octanol–water partition coefficient (Wildman–Crippen LogP) is 3.45. The van der Waals surface area contributed by atoms with E-state index < -0.39 is 6.69 Å². The van der Waals surface area contributed by atoms with Crippen LogP contribution in [0, 0.1) is 0 Å². The van der Waals surface area contributed by atoms with Crippen molar-refractivity contribution in [3.05, 3.63) is 0 Å². The number of hydrogen-bond donors (Lipinski definition) is 0. The van der Waals surface area contributed by atoms with Gasteiger partial charge in [-0.2, -0.15) is 0 Å². The topological polar surface area (TPSA) is 0 Å². The van der Waals surface area contributed by atoms with Gasteiger partial charge in [-0.3, -0.25) is 0 Å². The molecule has 0 bridgehead atoms. The van der Waals surface area contributed by atoms with Gasteiger partial charge in [-0.05, 0) is 12.1 Å². The molecule has 2 unspecified atom stereocenters. The van der Waals surface area contributed by atoms with Crippen LogP contribution in [0.15, 0.2) is 0 Å². The zero-order chi connectivity index (χ0) is 7.07. The summed E-state index contributed by atoms with van der Waals surface area (Å²) in [7, 11) is 0.